The summed E-state index contributed by atoms with van der Waals surface area (Å²) in [7, 11) is 1.43. The van der Waals surface area contributed by atoms with Gasteiger partial charge in [-0.1, -0.05) is 25.4 Å². The minimum Gasteiger partial charge on any atom is -0.497 e. The highest BCUT2D eigenvalue weighted by Crippen LogP contribution is 2.33. The number of cyclic esters (lactones) is 1. The Bertz CT molecular complexity index is 1450. The highest BCUT2D eigenvalue weighted by atomic mass is 35.5. The number of carbonyl (C=O) groups excluding carboxylic acids is 1. The van der Waals surface area contributed by atoms with Gasteiger partial charge in [0.25, 0.3) is 0 Å². The molecule has 1 aliphatic rings. The third-order valence-corrected chi connectivity index (χ3v) is 6.79. The maximum Gasteiger partial charge on any atom is 0.414 e. The summed E-state index contributed by atoms with van der Waals surface area (Å²) in [6.45, 7) is 3.87. The Hall–Kier alpha value is -3.63. The van der Waals surface area contributed by atoms with Crippen LogP contribution in [0.3, 0.4) is 0 Å². The van der Waals surface area contributed by atoms with Crippen LogP contribution in [0, 0.1) is 11.7 Å². The molecule has 1 atom stereocenters. The van der Waals surface area contributed by atoms with E-state index in [0.29, 0.717) is 22.5 Å². The van der Waals surface area contributed by atoms with Crippen molar-refractivity contribution in [3.05, 3.63) is 68.2 Å². The molecule has 0 saturated carbocycles. The first-order valence-corrected chi connectivity index (χ1v) is 12.0. The van der Waals surface area contributed by atoms with Crippen LogP contribution in [0.1, 0.15) is 41.4 Å². The number of aromatic nitrogens is 1. The van der Waals surface area contributed by atoms with Gasteiger partial charge in [-0.25, -0.2) is 14.0 Å². The normalized spacial score (nSPS) is 14.4. The molecular formula is C26H26ClFN2O7. The zero-order chi connectivity index (χ0) is 27.0. The highest BCUT2D eigenvalue weighted by molar-refractivity contribution is 6.31. The van der Waals surface area contributed by atoms with Crippen LogP contribution >= 0.6 is 11.6 Å². The van der Waals surface area contributed by atoms with Crippen LogP contribution < -0.4 is 15.1 Å². The average Bonchev–Trinajstić information content (AvgIpc) is 3.28. The molecule has 2 N–H and O–H groups in total. The van der Waals surface area contributed by atoms with Gasteiger partial charge in [0.1, 0.15) is 23.7 Å². The van der Waals surface area contributed by atoms with E-state index in [0.717, 1.165) is 0 Å². The SMILES string of the molecule is COc1cc(Cc2cc(N3CCOC3=O)cc(Cl)c2F)c2c(=O)c(C(=O)O)cn([C@H](CO)C(C)C)c2c1. The third kappa shape index (κ3) is 4.86. The maximum absolute atomic E-state index is 15.2. The lowest BCUT2D eigenvalue weighted by molar-refractivity contribution is 0.0693. The van der Waals surface area contributed by atoms with Crippen molar-refractivity contribution in [3.8, 4) is 5.75 Å². The Labute approximate surface area is 216 Å². The van der Waals surface area contributed by atoms with Gasteiger partial charge in [0.05, 0.1) is 42.2 Å². The molecule has 0 bridgehead atoms. The molecule has 196 valence electrons. The molecule has 2 heterocycles. The summed E-state index contributed by atoms with van der Waals surface area (Å²) in [4.78, 5) is 38.8. The number of carboxylic acid groups (broad SMARTS) is 1. The van der Waals surface area contributed by atoms with Crippen molar-refractivity contribution < 1.29 is 33.7 Å². The van der Waals surface area contributed by atoms with Crippen LogP contribution in [0.15, 0.2) is 35.3 Å². The largest absolute Gasteiger partial charge is 0.497 e. The molecule has 1 aliphatic heterocycles. The van der Waals surface area contributed by atoms with Gasteiger partial charge in [-0.2, -0.15) is 0 Å². The molecule has 0 spiro atoms. The number of aliphatic hydroxyl groups excluding tert-OH is 1. The van der Waals surface area contributed by atoms with Crippen molar-refractivity contribution in [2.45, 2.75) is 26.3 Å². The number of anilines is 1. The van der Waals surface area contributed by atoms with Gasteiger partial charge in [-0.15, -0.1) is 0 Å². The second-order valence-electron chi connectivity index (χ2n) is 9.10. The van der Waals surface area contributed by atoms with Crippen LogP contribution in [-0.2, 0) is 11.2 Å². The number of methoxy groups -OCH3 is 1. The van der Waals surface area contributed by atoms with Gasteiger partial charge in [-0.05, 0) is 35.2 Å². The Kier molecular flexibility index (Phi) is 7.42. The van der Waals surface area contributed by atoms with E-state index in [1.807, 2.05) is 13.8 Å². The number of carboxylic acids is 1. The Balaban J connectivity index is 1.99. The number of carbonyl (C=O) groups is 2. The molecule has 0 aliphatic carbocycles. The molecule has 4 rings (SSSR count). The summed E-state index contributed by atoms with van der Waals surface area (Å²) in [6, 6.07) is 5.34. The minimum absolute atomic E-state index is 0.0568. The summed E-state index contributed by atoms with van der Waals surface area (Å²) < 4.78 is 27.2. The lowest BCUT2D eigenvalue weighted by Crippen LogP contribution is -2.26. The van der Waals surface area contributed by atoms with Gasteiger partial charge < -0.3 is 24.3 Å². The van der Waals surface area contributed by atoms with E-state index < -0.39 is 34.9 Å². The molecule has 1 fully saturated rings. The topological polar surface area (TPSA) is 118 Å². The number of rotatable bonds is 8. The minimum atomic E-state index is -1.42. The molecule has 0 unspecified atom stereocenters. The number of ether oxygens (including phenoxy) is 2. The standard InChI is InChI=1S/C26H26ClFN2O7/c1-13(2)21(12-31)30-11-18(25(33)34)24(32)22-14(8-17(36-3)10-20(22)30)6-15-7-16(9-19(27)23(15)28)29-4-5-37-26(29)35/h7-11,13,21,31H,4-6,12H2,1-3H3,(H,33,34)/t21-/m1/s1. The van der Waals surface area contributed by atoms with Crippen molar-refractivity contribution in [2.75, 3.05) is 31.8 Å². The summed E-state index contributed by atoms with van der Waals surface area (Å²) in [5, 5.41) is 19.7. The quantitative estimate of drug-likeness (QED) is 0.445. The zero-order valence-corrected chi connectivity index (χ0v) is 21.2. The predicted octanol–water partition coefficient (Wildman–Crippen LogP) is 4.24. The van der Waals surface area contributed by atoms with E-state index in [-0.39, 0.29) is 48.1 Å². The van der Waals surface area contributed by atoms with E-state index >= 15 is 4.39 Å². The van der Waals surface area contributed by atoms with Crippen molar-refractivity contribution in [1.29, 1.82) is 0 Å². The van der Waals surface area contributed by atoms with E-state index in [1.165, 1.54) is 36.4 Å². The highest BCUT2D eigenvalue weighted by Gasteiger charge is 2.27. The smallest absolute Gasteiger partial charge is 0.414 e. The lowest BCUT2D eigenvalue weighted by Gasteiger charge is -2.25. The van der Waals surface area contributed by atoms with Gasteiger partial charge >= 0.3 is 12.1 Å². The number of pyridine rings is 1. The first-order valence-electron chi connectivity index (χ1n) is 11.6. The van der Waals surface area contributed by atoms with Gasteiger partial charge in [0.15, 0.2) is 0 Å². The Morgan fingerprint density at radius 2 is 1.95 bits per heavy atom. The molecule has 1 saturated heterocycles. The van der Waals surface area contributed by atoms with Crippen molar-refractivity contribution in [2.24, 2.45) is 5.92 Å². The van der Waals surface area contributed by atoms with Gasteiger partial charge in [-0.3, -0.25) is 9.69 Å². The van der Waals surface area contributed by atoms with E-state index in [9.17, 15) is 24.6 Å². The van der Waals surface area contributed by atoms with Gasteiger partial charge in [0.2, 0.25) is 5.43 Å². The zero-order valence-electron chi connectivity index (χ0n) is 20.5. The van der Waals surface area contributed by atoms with E-state index in [4.69, 9.17) is 21.1 Å². The summed E-state index contributed by atoms with van der Waals surface area (Å²) in [6.07, 6.45) is 0.478. The molecule has 1 aromatic heterocycles. The maximum atomic E-state index is 15.2. The van der Waals surface area contributed by atoms with E-state index in [1.54, 1.807) is 10.6 Å². The summed E-state index contributed by atoms with van der Waals surface area (Å²) >= 11 is 6.16. The second-order valence-corrected chi connectivity index (χ2v) is 9.51. The van der Waals surface area contributed by atoms with Crippen LogP contribution in [-0.4, -0.2) is 53.7 Å². The van der Waals surface area contributed by atoms with Crippen LogP contribution in [0.4, 0.5) is 14.9 Å². The number of hydrogen-bond acceptors (Lipinski definition) is 6. The molecule has 2 aromatic carbocycles. The monoisotopic (exact) mass is 532 g/mol. The number of amides is 1. The molecular weight excluding hydrogens is 507 g/mol. The molecule has 1 amide bonds. The first-order chi connectivity index (χ1) is 17.6. The lowest BCUT2D eigenvalue weighted by atomic mass is 9.96. The number of nitrogens with zero attached hydrogens (tertiary/aromatic N) is 2. The fourth-order valence-electron chi connectivity index (χ4n) is 4.58. The molecule has 0 radical (unpaired) electrons. The Morgan fingerprint density at radius 1 is 1.22 bits per heavy atom. The van der Waals surface area contributed by atoms with E-state index in [2.05, 4.69) is 0 Å². The fraction of sp³-hybridized carbons (Fsp3) is 0.346. The summed E-state index contributed by atoms with van der Waals surface area (Å²) in [5.41, 5.74) is -0.172. The second kappa shape index (κ2) is 10.4. The number of halogens is 2. The fourth-order valence-corrected chi connectivity index (χ4v) is 4.81. The molecule has 3 aromatic rings. The predicted molar refractivity (Wildman–Crippen MR) is 136 cm³/mol. The van der Waals surface area contributed by atoms with Crippen molar-refractivity contribution in [1.82, 2.24) is 4.57 Å². The first kappa shape index (κ1) is 26.4. The molecule has 9 nitrogen and oxygen atoms in total. The van der Waals surface area contributed by atoms with Gasteiger partial charge in [0, 0.05) is 24.4 Å². The molecule has 11 heteroatoms. The van der Waals surface area contributed by atoms with Crippen LogP contribution in [0.25, 0.3) is 10.9 Å². The number of aliphatic hydroxyl groups is 1. The van der Waals surface area contributed by atoms with Crippen LogP contribution in [0.5, 0.6) is 5.75 Å². The van der Waals surface area contributed by atoms with Crippen LogP contribution in [0.2, 0.25) is 5.02 Å². The summed E-state index contributed by atoms with van der Waals surface area (Å²) in [5.74, 6) is -1.92. The molecule has 37 heavy (non-hydrogen) atoms. The third-order valence-electron chi connectivity index (χ3n) is 6.51. The van der Waals surface area contributed by atoms with Crippen molar-refractivity contribution in [3.63, 3.8) is 0 Å². The number of benzene rings is 2. The van der Waals surface area contributed by atoms with Crippen molar-refractivity contribution >= 4 is 40.3 Å². The number of fused-ring (bicyclic) bond motifs is 1. The number of aromatic carboxylic acids is 1. The number of hydrogen-bond donors (Lipinski definition) is 2. The average molecular weight is 533 g/mol. The Morgan fingerprint density at radius 3 is 2.51 bits per heavy atom.